The first-order chi connectivity index (χ1) is 11.3. The summed E-state index contributed by atoms with van der Waals surface area (Å²) in [4.78, 5) is 16.4. The summed E-state index contributed by atoms with van der Waals surface area (Å²) in [6.45, 7) is 3.53. The van der Waals surface area contributed by atoms with Gasteiger partial charge in [-0.1, -0.05) is 6.07 Å². The lowest BCUT2D eigenvalue weighted by Gasteiger charge is -2.18. The number of hydrogen-bond acceptors (Lipinski definition) is 4. The van der Waals surface area contributed by atoms with Gasteiger partial charge < -0.3 is 10.1 Å². The van der Waals surface area contributed by atoms with E-state index < -0.39 is 0 Å². The van der Waals surface area contributed by atoms with Crippen molar-refractivity contribution in [2.75, 3.05) is 6.61 Å². The summed E-state index contributed by atoms with van der Waals surface area (Å²) in [5.41, 5.74) is 1.96. The molecule has 23 heavy (non-hydrogen) atoms. The Hall–Kier alpha value is -2.21. The average molecular weight is 314 g/mol. The summed E-state index contributed by atoms with van der Waals surface area (Å²) in [5, 5.41) is 7.38. The minimum absolute atomic E-state index is 0.0146. The van der Waals surface area contributed by atoms with Crippen molar-refractivity contribution in [1.29, 1.82) is 0 Å². The van der Waals surface area contributed by atoms with Gasteiger partial charge >= 0.3 is 0 Å². The zero-order valence-corrected chi connectivity index (χ0v) is 13.3. The molecular formula is C17H22N4O2. The molecular weight excluding hydrogens is 292 g/mol. The van der Waals surface area contributed by atoms with Crippen LogP contribution in [-0.4, -0.2) is 33.3 Å². The molecule has 0 aliphatic carbocycles. The topological polar surface area (TPSA) is 69.0 Å². The van der Waals surface area contributed by atoms with E-state index in [0.29, 0.717) is 19.4 Å². The third-order valence-corrected chi connectivity index (χ3v) is 4.08. The van der Waals surface area contributed by atoms with Crippen LogP contribution in [0.25, 0.3) is 0 Å². The normalized spacial score (nSPS) is 20.6. The van der Waals surface area contributed by atoms with Crippen molar-refractivity contribution in [1.82, 2.24) is 20.1 Å². The number of pyridine rings is 1. The van der Waals surface area contributed by atoms with Crippen LogP contribution in [0.15, 0.2) is 36.8 Å². The Morgan fingerprint density at radius 1 is 1.48 bits per heavy atom. The molecule has 1 aliphatic rings. The zero-order valence-electron chi connectivity index (χ0n) is 13.3. The molecule has 2 atom stereocenters. The Labute approximate surface area is 135 Å². The first kappa shape index (κ1) is 15.7. The Morgan fingerprint density at radius 2 is 2.39 bits per heavy atom. The maximum absolute atomic E-state index is 12.2. The van der Waals surface area contributed by atoms with E-state index in [0.717, 1.165) is 24.2 Å². The second kappa shape index (κ2) is 7.37. The first-order valence-electron chi connectivity index (χ1n) is 8.09. The highest BCUT2D eigenvalue weighted by atomic mass is 16.5. The van der Waals surface area contributed by atoms with Crippen LogP contribution in [0.5, 0.6) is 0 Å². The predicted octanol–water partition coefficient (Wildman–Crippen LogP) is 1.88. The summed E-state index contributed by atoms with van der Waals surface area (Å²) in [6, 6.07) is 5.77. The maximum atomic E-state index is 12.2. The molecule has 2 aromatic rings. The van der Waals surface area contributed by atoms with Crippen molar-refractivity contribution in [3.8, 4) is 0 Å². The number of carbonyl (C=O) groups excluding carboxylic acids is 1. The third kappa shape index (κ3) is 3.96. The quantitative estimate of drug-likeness (QED) is 0.884. The molecule has 1 saturated heterocycles. The van der Waals surface area contributed by atoms with Crippen LogP contribution in [0, 0.1) is 0 Å². The van der Waals surface area contributed by atoms with E-state index in [1.54, 1.807) is 6.20 Å². The number of aryl methyl sites for hydroxylation is 2. The molecule has 2 aromatic heterocycles. The van der Waals surface area contributed by atoms with E-state index in [2.05, 4.69) is 15.4 Å². The van der Waals surface area contributed by atoms with Gasteiger partial charge in [0.25, 0.3) is 0 Å². The van der Waals surface area contributed by atoms with Gasteiger partial charge in [0, 0.05) is 43.2 Å². The summed E-state index contributed by atoms with van der Waals surface area (Å²) in [6.07, 6.45) is 7.38. The average Bonchev–Trinajstić information content (AvgIpc) is 3.22. The first-order valence-corrected chi connectivity index (χ1v) is 8.09. The van der Waals surface area contributed by atoms with E-state index in [-0.39, 0.29) is 18.1 Å². The number of hydrogen-bond donors (Lipinski definition) is 1. The maximum Gasteiger partial charge on any atom is 0.220 e. The van der Waals surface area contributed by atoms with Crippen LogP contribution in [0.4, 0.5) is 0 Å². The molecule has 0 aromatic carbocycles. The van der Waals surface area contributed by atoms with Gasteiger partial charge in [0.05, 0.1) is 12.2 Å². The number of ether oxygens (including phenoxy) is 1. The van der Waals surface area contributed by atoms with Crippen LogP contribution in [0.1, 0.15) is 37.1 Å². The number of nitrogens with one attached hydrogen (secondary N) is 1. The van der Waals surface area contributed by atoms with Crippen LogP contribution in [0.3, 0.4) is 0 Å². The van der Waals surface area contributed by atoms with Crippen LogP contribution in [0.2, 0.25) is 0 Å². The molecule has 0 spiro atoms. The number of aromatic nitrogens is 3. The fourth-order valence-corrected chi connectivity index (χ4v) is 2.83. The van der Waals surface area contributed by atoms with Gasteiger partial charge in [-0.25, -0.2) is 0 Å². The number of carbonyl (C=O) groups is 1. The van der Waals surface area contributed by atoms with Crippen molar-refractivity contribution in [3.63, 3.8) is 0 Å². The van der Waals surface area contributed by atoms with Crippen molar-refractivity contribution in [2.24, 2.45) is 0 Å². The van der Waals surface area contributed by atoms with Crippen molar-refractivity contribution in [3.05, 3.63) is 48.0 Å². The van der Waals surface area contributed by atoms with Gasteiger partial charge in [0.2, 0.25) is 5.91 Å². The Kier molecular flexibility index (Phi) is 5.02. The smallest absolute Gasteiger partial charge is 0.220 e. The molecule has 0 bridgehead atoms. The highest BCUT2D eigenvalue weighted by Crippen LogP contribution is 2.28. The Balaban J connectivity index is 1.54. The number of amides is 1. The number of rotatable bonds is 6. The van der Waals surface area contributed by atoms with Crippen LogP contribution >= 0.6 is 0 Å². The van der Waals surface area contributed by atoms with Crippen molar-refractivity contribution in [2.45, 2.75) is 44.9 Å². The fourth-order valence-electron chi connectivity index (χ4n) is 2.83. The standard InChI is InChI=1S/C17H22N4O2/c1-2-21-12-13(11-19-21)17-15(8-10-23-17)20-16(22)7-6-14-5-3-4-9-18-14/h3-5,9,11-12,15,17H,2,6-8,10H2,1H3,(H,20,22)/t15-,17+/m0/s1. The lowest BCUT2D eigenvalue weighted by atomic mass is 10.1. The molecule has 0 radical (unpaired) electrons. The molecule has 0 saturated carbocycles. The molecule has 6 nitrogen and oxygen atoms in total. The SMILES string of the molecule is CCn1cc([C@H]2OCC[C@@H]2NC(=O)CCc2ccccn2)cn1. The molecule has 122 valence electrons. The highest BCUT2D eigenvalue weighted by molar-refractivity contribution is 5.76. The second-order valence-corrected chi connectivity index (χ2v) is 5.70. The summed E-state index contributed by atoms with van der Waals surface area (Å²) in [5.74, 6) is 0.0408. The van der Waals surface area contributed by atoms with Crippen molar-refractivity contribution >= 4 is 5.91 Å². The van der Waals surface area contributed by atoms with Crippen LogP contribution in [-0.2, 0) is 22.5 Å². The molecule has 0 unspecified atom stereocenters. The highest BCUT2D eigenvalue weighted by Gasteiger charge is 2.31. The minimum atomic E-state index is -0.103. The summed E-state index contributed by atoms with van der Waals surface area (Å²) in [7, 11) is 0. The molecule has 1 aliphatic heterocycles. The van der Waals surface area contributed by atoms with Crippen molar-refractivity contribution < 1.29 is 9.53 Å². The van der Waals surface area contributed by atoms with Gasteiger partial charge in [0.1, 0.15) is 6.10 Å². The molecule has 3 heterocycles. The monoisotopic (exact) mass is 314 g/mol. The molecule has 1 N–H and O–H groups in total. The lowest BCUT2D eigenvalue weighted by Crippen LogP contribution is -2.36. The van der Waals surface area contributed by atoms with Gasteiger partial charge in [-0.2, -0.15) is 5.10 Å². The van der Waals surface area contributed by atoms with E-state index in [1.807, 2.05) is 42.2 Å². The predicted molar refractivity (Wildman–Crippen MR) is 85.7 cm³/mol. The van der Waals surface area contributed by atoms with Gasteiger partial charge in [-0.15, -0.1) is 0 Å². The zero-order chi connectivity index (χ0) is 16.1. The van der Waals surface area contributed by atoms with E-state index >= 15 is 0 Å². The van der Waals surface area contributed by atoms with Gasteiger partial charge in [0.15, 0.2) is 0 Å². The second-order valence-electron chi connectivity index (χ2n) is 5.70. The van der Waals surface area contributed by atoms with E-state index in [9.17, 15) is 4.79 Å². The largest absolute Gasteiger partial charge is 0.371 e. The molecule has 3 rings (SSSR count). The Bertz CT molecular complexity index is 641. The fraction of sp³-hybridized carbons (Fsp3) is 0.471. The minimum Gasteiger partial charge on any atom is -0.371 e. The van der Waals surface area contributed by atoms with E-state index in [4.69, 9.17) is 4.74 Å². The summed E-state index contributed by atoms with van der Waals surface area (Å²) >= 11 is 0. The molecule has 6 heteroatoms. The molecule has 1 amide bonds. The van der Waals surface area contributed by atoms with Gasteiger partial charge in [-0.3, -0.25) is 14.5 Å². The third-order valence-electron chi connectivity index (χ3n) is 4.08. The Morgan fingerprint density at radius 3 is 3.13 bits per heavy atom. The van der Waals surface area contributed by atoms with Crippen LogP contribution < -0.4 is 5.32 Å². The van der Waals surface area contributed by atoms with E-state index in [1.165, 1.54) is 0 Å². The van der Waals surface area contributed by atoms with Gasteiger partial charge in [-0.05, 0) is 31.9 Å². The lowest BCUT2D eigenvalue weighted by molar-refractivity contribution is -0.122. The molecule has 1 fully saturated rings. The number of nitrogens with zero attached hydrogens (tertiary/aromatic N) is 3. The summed E-state index contributed by atoms with van der Waals surface area (Å²) < 4.78 is 7.66.